The van der Waals surface area contributed by atoms with Gasteiger partial charge in [0.1, 0.15) is 17.8 Å². The zero-order valence-corrected chi connectivity index (χ0v) is 19.6. The number of benzene rings is 1. The molecular formula is C25H28N6O3. The van der Waals surface area contributed by atoms with Gasteiger partial charge in [-0.3, -0.25) is 14.5 Å². The van der Waals surface area contributed by atoms with E-state index in [4.69, 9.17) is 9.72 Å². The van der Waals surface area contributed by atoms with Gasteiger partial charge in [0.25, 0.3) is 5.91 Å². The van der Waals surface area contributed by atoms with Crippen LogP contribution in [0.1, 0.15) is 48.7 Å². The fourth-order valence-electron chi connectivity index (χ4n) is 4.71. The van der Waals surface area contributed by atoms with Gasteiger partial charge in [-0.15, -0.1) is 10.2 Å². The molecule has 0 spiro atoms. The molecule has 4 heterocycles. The zero-order chi connectivity index (χ0) is 23.8. The average molecular weight is 461 g/mol. The number of carbonyl (C=O) groups is 2. The van der Waals surface area contributed by atoms with Gasteiger partial charge in [-0.1, -0.05) is 12.1 Å². The molecule has 1 amide bonds. The van der Waals surface area contributed by atoms with Crippen LogP contribution in [0.3, 0.4) is 0 Å². The second-order valence-corrected chi connectivity index (χ2v) is 9.05. The molecule has 2 aromatic heterocycles. The van der Waals surface area contributed by atoms with Crippen molar-refractivity contribution in [1.29, 1.82) is 0 Å². The maximum absolute atomic E-state index is 13.4. The lowest BCUT2D eigenvalue weighted by molar-refractivity contribution is -0.146. The molecule has 2 aliphatic heterocycles. The van der Waals surface area contributed by atoms with Gasteiger partial charge in [0.05, 0.1) is 19.6 Å². The van der Waals surface area contributed by atoms with Gasteiger partial charge in [0, 0.05) is 30.4 Å². The van der Waals surface area contributed by atoms with Crippen molar-refractivity contribution in [3.8, 4) is 11.5 Å². The van der Waals surface area contributed by atoms with E-state index in [-0.39, 0.29) is 23.8 Å². The van der Waals surface area contributed by atoms with Gasteiger partial charge < -0.3 is 14.2 Å². The highest BCUT2D eigenvalue weighted by Crippen LogP contribution is 2.33. The second kappa shape index (κ2) is 8.89. The maximum atomic E-state index is 13.4. The molecule has 34 heavy (non-hydrogen) atoms. The van der Waals surface area contributed by atoms with Crippen LogP contribution in [-0.4, -0.2) is 51.8 Å². The van der Waals surface area contributed by atoms with Crippen LogP contribution in [0.5, 0.6) is 0 Å². The average Bonchev–Trinajstić information content (AvgIpc) is 3.49. The summed E-state index contributed by atoms with van der Waals surface area (Å²) >= 11 is 0. The number of amides is 1. The molecule has 2 aliphatic rings. The number of fused-ring (bicyclic) bond motifs is 1. The molecule has 176 valence electrons. The first kappa shape index (κ1) is 22.1. The number of anilines is 2. The SMILES string of the molecule is COC(=O)C1CCN(c2ccc3c(c2)C(=O)N(c2cccc(-c4nncn4C(C)C)n2)C3)CC1. The molecule has 0 radical (unpaired) electrons. The first-order chi connectivity index (χ1) is 16.5. The van der Waals surface area contributed by atoms with Gasteiger partial charge in [-0.25, -0.2) is 4.98 Å². The van der Waals surface area contributed by atoms with Crippen molar-refractivity contribution in [3.63, 3.8) is 0 Å². The van der Waals surface area contributed by atoms with Crippen molar-refractivity contribution >= 4 is 23.4 Å². The number of hydrogen-bond donors (Lipinski definition) is 0. The van der Waals surface area contributed by atoms with Crippen LogP contribution in [-0.2, 0) is 16.1 Å². The smallest absolute Gasteiger partial charge is 0.308 e. The van der Waals surface area contributed by atoms with E-state index < -0.39 is 0 Å². The van der Waals surface area contributed by atoms with Gasteiger partial charge in [0.2, 0.25) is 0 Å². The van der Waals surface area contributed by atoms with Gasteiger partial charge >= 0.3 is 5.97 Å². The van der Waals surface area contributed by atoms with Crippen LogP contribution >= 0.6 is 0 Å². The fourth-order valence-corrected chi connectivity index (χ4v) is 4.71. The zero-order valence-electron chi connectivity index (χ0n) is 19.6. The lowest BCUT2D eigenvalue weighted by atomic mass is 9.96. The summed E-state index contributed by atoms with van der Waals surface area (Å²) in [7, 11) is 1.44. The first-order valence-electron chi connectivity index (χ1n) is 11.6. The Kier molecular flexibility index (Phi) is 5.77. The van der Waals surface area contributed by atoms with Gasteiger partial charge in [0.15, 0.2) is 5.82 Å². The van der Waals surface area contributed by atoms with Crippen LogP contribution < -0.4 is 9.80 Å². The third-order valence-corrected chi connectivity index (χ3v) is 6.66. The van der Waals surface area contributed by atoms with Crippen LogP contribution in [0, 0.1) is 5.92 Å². The number of pyridine rings is 1. The first-order valence-corrected chi connectivity index (χ1v) is 11.6. The minimum absolute atomic E-state index is 0.0485. The number of esters is 1. The molecule has 5 rings (SSSR count). The molecule has 0 saturated carbocycles. The molecule has 0 aliphatic carbocycles. The predicted molar refractivity (Wildman–Crippen MR) is 128 cm³/mol. The molecule has 0 atom stereocenters. The quantitative estimate of drug-likeness (QED) is 0.538. The van der Waals surface area contributed by atoms with Crippen LogP contribution in [0.15, 0.2) is 42.7 Å². The van der Waals surface area contributed by atoms with Crippen LogP contribution in [0.25, 0.3) is 11.5 Å². The lowest BCUT2D eigenvalue weighted by Crippen LogP contribution is -2.36. The summed E-state index contributed by atoms with van der Waals surface area (Å²) < 4.78 is 6.85. The summed E-state index contributed by atoms with van der Waals surface area (Å²) in [6.07, 6.45) is 3.20. The number of hydrogen-bond acceptors (Lipinski definition) is 7. The maximum Gasteiger partial charge on any atom is 0.308 e. The molecule has 9 heteroatoms. The molecule has 1 aromatic carbocycles. The van der Waals surface area contributed by atoms with E-state index >= 15 is 0 Å². The highest BCUT2D eigenvalue weighted by molar-refractivity contribution is 6.10. The summed E-state index contributed by atoms with van der Waals surface area (Å²) in [4.78, 5) is 33.9. The van der Waals surface area contributed by atoms with Crippen molar-refractivity contribution < 1.29 is 14.3 Å². The summed E-state index contributed by atoms with van der Waals surface area (Å²) in [6, 6.07) is 11.9. The van der Waals surface area contributed by atoms with E-state index in [1.54, 1.807) is 11.2 Å². The van der Waals surface area contributed by atoms with E-state index in [0.29, 0.717) is 29.4 Å². The van der Waals surface area contributed by atoms with E-state index in [1.165, 1.54) is 7.11 Å². The summed E-state index contributed by atoms with van der Waals surface area (Å²) in [6.45, 7) is 6.12. The number of piperidine rings is 1. The molecule has 1 fully saturated rings. The molecule has 0 unspecified atom stereocenters. The van der Waals surface area contributed by atoms with Crippen LogP contribution in [0.4, 0.5) is 11.5 Å². The van der Waals surface area contributed by atoms with E-state index in [9.17, 15) is 9.59 Å². The van der Waals surface area contributed by atoms with E-state index in [0.717, 1.165) is 37.2 Å². The third kappa shape index (κ3) is 3.91. The van der Waals surface area contributed by atoms with Gasteiger partial charge in [-0.05, 0) is 56.5 Å². The summed E-state index contributed by atoms with van der Waals surface area (Å²) in [5.74, 6) is 1.03. The molecular weight excluding hydrogens is 432 g/mol. The minimum atomic E-state index is -0.138. The monoisotopic (exact) mass is 460 g/mol. The standard InChI is InChI=1S/C25H28N6O3/c1-16(2)31-15-26-28-23(31)21-5-4-6-22(27-21)30-14-18-7-8-19(13-20(18)24(30)32)29-11-9-17(10-12-29)25(33)34-3/h4-8,13,15-17H,9-12,14H2,1-3H3. The Labute approximate surface area is 198 Å². The highest BCUT2D eigenvalue weighted by atomic mass is 16.5. The van der Waals surface area contributed by atoms with Crippen LogP contribution in [0.2, 0.25) is 0 Å². The lowest BCUT2D eigenvalue weighted by Gasteiger charge is -2.32. The minimum Gasteiger partial charge on any atom is -0.469 e. The predicted octanol–water partition coefficient (Wildman–Crippen LogP) is 3.47. The number of rotatable bonds is 5. The Bertz CT molecular complexity index is 1230. The number of aromatic nitrogens is 4. The Morgan fingerprint density at radius 1 is 1.15 bits per heavy atom. The molecule has 3 aromatic rings. The number of carbonyl (C=O) groups excluding carboxylic acids is 2. The number of nitrogens with zero attached hydrogens (tertiary/aromatic N) is 6. The molecule has 0 bridgehead atoms. The highest BCUT2D eigenvalue weighted by Gasteiger charge is 2.31. The Morgan fingerprint density at radius 2 is 1.94 bits per heavy atom. The Balaban J connectivity index is 1.35. The largest absolute Gasteiger partial charge is 0.469 e. The van der Waals surface area contributed by atoms with Gasteiger partial charge in [-0.2, -0.15) is 0 Å². The Morgan fingerprint density at radius 3 is 2.68 bits per heavy atom. The number of ether oxygens (including phenoxy) is 1. The summed E-state index contributed by atoms with van der Waals surface area (Å²) in [5.41, 5.74) is 3.37. The normalized spacial score (nSPS) is 16.3. The third-order valence-electron chi connectivity index (χ3n) is 6.66. The van der Waals surface area contributed by atoms with Crippen molar-refractivity contribution in [1.82, 2.24) is 19.7 Å². The molecule has 9 nitrogen and oxygen atoms in total. The molecule has 0 N–H and O–H groups in total. The fraction of sp³-hybridized carbons (Fsp3) is 0.400. The second-order valence-electron chi connectivity index (χ2n) is 9.05. The number of methoxy groups -OCH3 is 1. The van der Waals surface area contributed by atoms with E-state index in [1.807, 2.05) is 34.9 Å². The van der Waals surface area contributed by atoms with E-state index in [2.05, 4.69) is 35.0 Å². The summed E-state index contributed by atoms with van der Waals surface area (Å²) in [5, 5.41) is 8.26. The molecule has 1 saturated heterocycles. The van der Waals surface area contributed by atoms with Crippen molar-refractivity contribution in [2.75, 3.05) is 30.0 Å². The Hall–Kier alpha value is -3.75. The van der Waals surface area contributed by atoms with Crippen molar-refractivity contribution in [2.45, 2.75) is 39.3 Å². The van der Waals surface area contributed by atoms with Crippen molar-refractivity contribution in [2.24, 2.45) is 5.92 Å². The topological polar surface area (TPSA) is 93.5 Å². The van der Waals surface area contributed by atoms with Crippen molar-refractivity contribution in [3.05, 3.63) is 53.9 Å².